The van der Waals surface area contributed by atoms with Crippen molar-refractivity contribution in [3.05, 3.63) is 23.3 Å². The van der Waals surface area contributed by atoms with Crippen molar-refractivity contribution >= 4 is 29.5 Å². The van der Waals surface area contributed by atoms with E-state index in [-0.39, 0.29) is 11.5 Å². The molecule has 0 aliphatic carbocycles. The van der Waals surface area contributed by atoms with Crippen LogP contribution in [0.2, 0.25) is 0 Å². The first kappa shape index (κ1) is 19.6. The number of thioether (sulfide) groups is 1. The number of hydrogen-bond acceptors (Lipinski definition) is 6. The fraction of sp³-hybridized carbons (Fsp3) is 0.556. The SMILES string of the molecule is COC(=O)Nc1cc(SC2CCCCO2)cc(C)c1C(=O)OC(C)C. The Bertz CT molecular complexity index is 626. The van der Waals surface area contributed by atoms with Crippen molar-refractivity contribution in [3.8, 4) is 0 Å². The maximum atomic E-state index is 12.4. The quantitative estimate of drug-likeness (QED) is 0.780. The third-order valence-electron chi connectivity index (χ3n) is 3.68. The molecule has 25 heavy (non-hydrogen) atoms. The van der Waals surface area contributed by atoms with Gasteiger partial charge in [0.1, 0.15) is 5.44 Å². The van der Waals surface area contributed by atoms with E-state index in [0.717, 1.165) is 36.3 Å². The van der Waals surface area contributed by atoms with Crippen molar-refractivity contribution in [2.24, 2.45) is 0 Å². The summed E-state index contributed by atoms with van der Waals surface area (Å²) in [6.07, 6.45) is 2.34. The van der Waals surface area contributed by atoms with Crippen molar-refractivity contribution in [2.75, 3.05) is 19.0 Å². The number of hydrogen-bond donors (Lipinski definition) is 1. The van der Waals surface area contributed by atoms with Gasteiger partial charge in [-0.25, -0.2) is 9.59 Å². The molecule has 1 unspecified atom stereocenters. The van der Waals surface area contributed by atoms with Crippen LogP contribution >= 0.6 is 11.8 Å². The van der Waals surface area contributed by atoms with Gasteiger partial charge in [-0.3, -0.25) is 5.32 Å². The molecule has 0 spiro atoms. The second kappa shape index (κ2) is 9.10. The largest absolute Gasteiger partial charge is 0.459 e. The predicted octanol–water partition coefficient (Wildman–Crippen LogP) is 4.36. The zero-order valence-corrected chi connectivity index (χ0v) is 15.9. The second-order valence-corrected chi connectivity index (χ2v) is 7.38. The van der Waals surface area contributed by atoms with Gasteiger partial charge in [-0.1, -0.05) is 11.8 Å². The fourth-order valence-electron chi connectivity index (χ4n) is 2.58. The van der Waals surface area contributed by atoms with Gasteiger partial charge in [-0.05, 0) is 57.7 Å². The molecule has 1 N–H and O–H groups in total. The summed E-state index contributed by atoms with van der Waals surface area (Å²) in [5, 5.41) is 2.62. The van der Waals surface area contributed by atoms with E-state index in [1.807, 2.05) is 13.0 Å². The number of ether oxygens (including phenoxy) is 3. The Labute approximate surface area is 152 Å². The average molecular weight is 367 g/mol. The molecular formula is C18H25NO5S. The third kappa shape index (κ3) is 5.64. The molecule has 7 heteroatoms. The van der Waals surface area contributed by atoms with Crippen LogP contribution in [0, 0.1) is 6.92 Å². The van der Waals surface area contributed by atoms with Crippen LogP contribution in [0.5, 0.6) is 0 Å². The summed E-state index contributed by atoms with van der Waals surface area (Å²) >= 11 is 1.60. The Morgan fingerprint density at radius 3 is 2.68 bits per heavy atom. The van der Waals surface area contributed by atoms with Gasteiger partial charge in [0.2, 0.25) is 0 Å². The van der Waals surface area contributed by atoms with E-state index in [1.54, 1.807) is 31.7 Å². The maximum absolute atomic E-state index is 12.4. The topological polar surface area (TPSA) is 73.9 Å². The number of aryl methyl sites for hydroxylation is 1. The summed E-state index contributed by atoms with van der Waals surface area (Å²) in [6.45, 7) is 6.16. The number of carbonyl (C=O) groups is 2. The van der Waals surface area contributed by atoms with Crippen LogP contribution in [-0.4, -0.2) is 37.3 Å². The number of benzene rings is 1. The zero-order valence-electron chi connectivity index (χ0n) is 15.1. The molecule has 1 aliphatic rings. The van der Waals surface area contributed by atoms with Crippen LogP contribution in [0.25, 0.3) is 0 Å². The maximum Gasteiger partial charge on any atom is 0.411 e. The summed E-state index contributed by atoms with van der Waals surface area (Å²) in [7, 11) is 1.28. The van der Waals surface area contributed by atoms with Gasteiger partial charge in [0, 0.05) is 11.5 Å². The lowest BCUT2D eigenvalue weighted by Crippen LogP contribution is -2.19. The van der Waals surface area contributed by atoms with Crippen molar-refractivity contribution in [1.82, 2.24) is 0 Å². The number of carbonyl (C=O) groups excluding carboxylic acids is 2. The minimum Gasteiger partial charge on any atom is -0.459 e. The molecular weight excluding hydrogens is 342 g/mol. The first-order valence-corrected chi connectivity index (χ1v) is 9.27. The number of nitrogens with one attached hydrogen (secondary N) is 1. The van der Waals surface area contributed by atoms with E-state index < -0.39 is 12.1 Å². The molecule has 2 rings (SSSR count). The summed E-state index contributed by atoms with van der Waals surface area (Å²) in [4.78, 5) is 25.0. The number of anilines is 1. The van der Waals surface area contributed by atoms with E-state index in [2.05, 4.69) is 10.1 Å². The molecule has 0 saturated carbocycles. The molecule has 0 bridgehead atoms. The fourth-order valence-corrected chi connectivity index (χ4v) is 3.76. The standard InChI is InChI=1S/C18H25NO5S/c1-11(2)24-17(20)16-12(3)9-13(10-14(16)19-18(21)22-4)25-15-7-5-6-8-23-15/h9-11,15H,5-8H2,1-4H3,(H,19,21). The Kier molecular flexibility index (Phi) is 7.13. The van der Waals surface area contributed by atoms with Gasteiger partial charge in [-0.2, -0.15) is 0 Å². The van der Waals surface area contributed by atoms with Crippen molar-refractivity contribution in [2.45, 2.75) is 56.5 Å². The van der Waals surface area contributed by atoms with Crippen LogP contribution in [0.4, 0.5) is 10.5 Å². The van der Waals surface area contributed by atoms with Crippen LogP contribution < -0.4 is 5.32 Å². The third-order valence-corrected chi connectivity index (χ3v) is 4.83. The van der Waals surface area contributed by atoms with Gasteiger partial charge in [0.05, 0.1) is 24.5 Å². The van der Waals surface area contributed by atoms with Crippen LogP contribution in [0.3, 0.4) is 0 Å². The first-order valence-electron chi connectivity index (χ1n) is 8.39. The number of amides is 1. The highest BCUT2D eigenvalue weighted by atomic mass is 32.2. The molecule has 0 aromatic heterocycles. The number of rotatable bonds is 5. The van der Waals surface area contributed by atoms with Gasteiger partial charge in [-0.15, -0.1) is 0 Å². The Balaban J connectivity index is 2.30. The lowest BCUT2D eigenvalue weighted by molar-refractivity contribution is 0.0378. The summed E-state index contributed by atoms with van der Waals surface area (Å²) in [5.41, 5.74) is 1.55. The average Bonchev–Trinajstić information content (AvgIpc) is 2.54. The molecule has 1 heterocycles. The minimum absolute atomic E-state index is 0.0904. The van der Waals surface area contributed by atoms with E-state index >= 15 is 0 Å². The minimum atomic E-state index is -0.630. The molecule has 1 fully saturated rings. The summed E-state index contributed by atoms with van der Waals surface area (Å²) < 4.78 is 15.7. The molecule has 138 valence electrons. The lowest BCUT2D eigenvalue weighted by Gasteiger charge is -2.23. The Morgan fingerprint density at radius 1 is 1.32 bits per heavy atom. The summed E-state index contributed by atoms with van der Waals surface area (Å²) in [6, 6.07) is 3.69. The highest BCUT2D eigenvalue weighted by Gasteiger charge is 2.22. The van der Waals surface area contributed by atoms with Gasteiger partial charge in [0.25, 0.3) is 0 Å². The summed E-state index contributed by atoms with van der Waals surface area (Å²) in [5.74, 6) is -0.468. The lowest BCUT2D eigenvalue weighted by atomic mass is 10.1. The van der Waals surface area contributed by atoms with Gasteiger partial charge in [0.15, 0.2) is 0 Å². The van der Waals surface area contributed by atoms with E-state index in [9.17, 15) is 9.59 Å². The predicted molar refractivity (Wildman–Crippen MR) is 97.2 cm³/mol. The van der Waals surface area contributed by atoms with Gasteiger partial charge >= 0.3 is 12.1 Å². The van der Waals surface area contributed by atoms with Crippen molar-refractivity contribution < 1.29 is 23.8 Å². The van der Waals surface area contributed by atoms with Crippen LogP contribution in [-0.2, 0) is 14.2 Å². The Hall–Kier alpha value is -1.73. The second-order valence-electron chi connectivity index (χ2n) is 6.15. The number of esters is 1. The van der Waals surface area contributed by atoms with Crippen molar-refractivity contribution in [3.63, 3.8) is 0 Å². The van der Waals surface area contributed by atoms with Crippen LogP contribution in [0.15, 0.2) is 17.0 Å². The highest BCUT2D eigenvalue weighted by Crippen LogP contribution is 2.34. The van der Waals surface area contributed by atoms with E-state index in [1.165, 1.54) is 7.11 Å². The first-order chi connectivity index (χ1) is 11.9. The van der Waals surface area contributed by atoms with Gasteiger partial charge < -0.3 is 14.2 Å². The molecule has 0 radical (unpaired) electrons. The smallest absolute Gasteiger partial charge is 0.411 e. The van der Waals surface area contributed by atoms with Crippen molar-refractivity contribution in [1.29, 1.82) is 0 Å². The molecule has 1 aliphatic heterocycles. The highest BCUT2D eigenvalue weighted by molar-refractivity contribution is 7.99. The van der Waals surface area contributed by atoms with E-state index in [4.69, 9.17) is 9.47 Å². The molecule has 1 atom stereocenters. The zero-order chi connectivity index (χ0) is 18.4. The van der Waals surface area contributed by atoms with E-state index in [0.29, 0.717) is 11.3 Å². The molecule has 1 aromatic carbocycles. The molecule has 6 nitrogen and oxygen atoms in total. The normalized spacial score (nSPS) is 17.2. The monoisotopic (exact) mass is 367 g/mol. The molecule has 1 amide bonds. The molecule has 1 saturated heterocycles. The van der Waals surface area contributed by atoms with Crippen LogP contribution in [0.1, 0.15) is 49.0 Å². The Morgan fingerprint density at radius 2 is 2.08 bits per heavy atom. The molecule has 1 aromatic rings. The number of methoxy groups -OCH3 is 1.